The maximum atomic E-state index is 8.92. The molecule has 0 saturated carbocycles. The molecule has 1 N–H and O–H groups in total. The van der Waals surface area contributed by atoms with E-state index in [2.05, 4.69) is 15.9 Å². The molecule has 0 saturated heterocycles. The van der Waals surface area contributed by atoms with Gasteiger partial charge in [0.05, 0.1) is 4.48 Å². The fraction of sp³-hybridized carbons (Fsp3) is 0.333. The summed E-state index contributed by atoms with van der Waals surface area (Å²) in [6.45, 7) is 0. The molecule has 0 unspecified atom stereocenters. The Morgan fingerprint density at radius 1 is 1.38 bits per heavy atom. The molecule has 0 amide bonds. The van der Waals surface area contributed by atoms with Crippen LogP contribution in [0.5, 0.6) is 0 Å². The minimum absolute atomic E-state index is 0.372. The van der Waals surface area contributed by atoms with Gasteiger partial charge in [-0.2, -0.15) is 0 Å². The summed E-state index contributed by atoms with van der Waals surface area (Å²) in [4.78, 5) is 0. The summed E-state index contributed by atoms with van der Waals surface area (Å²) < 4.78 is 0.823. The largest absolute Gasteiger partial charge is 0.507 e. The van der Waals surface area contributed by atoms with Crippen LogP contribution in [-0.2, 0) is 0 Å². The van der Waals surface area contributed by atoms with E-state index in [1.54, 1.807) is 0 Å². The predicted octanol–water partition coefficient (Wildman–Crippen LogP) is 2.50. The minimum Gasteiger partial charge on any atom is -0.507 e. The Labute approximate surface area is 56.8 Å². The van der Waals surface area contributed by atoms with Gasteiger partial charge < -0.3 is 5.11 Å². The number of halogens is 1. The van der Waals surface area contributed by atoms with Crippen molar-refractivity contribution >= 4 is 15.9 Å². The number of rotatable bonds is 0. The predicted molar refractivity (Wildman–Crippen MR) is 37.0 cm³/mol. The molecule has 0 spiro atoms. The van der Waals surface area contributed by atoms with Gasteiger partial charge in [-0.25, -0.2) is 0 Å². The first-order valence-corrected chi connectivity index (χ1v) is 3.35. The topological polar surface area (TPSA) is 20.2 Å². The van der Waals surface area contributed by atoms with Crippen molar-refractivity contribution < 1.29 is 5.11 Å². The molecule has 1 rings (SSSR count). The number of aliphatic hydroxyl groups excluding tert-OH is 1. The average Bonchev–Trinajstić information content (AvgIpc) is 1.77. The lowest BCUT2D eigenvalue weighted by atomic mass is 10.2. The first kappa shape index (κ1) is 5.89. The van der Waals surface area contributed by atoms with Gasteiger partial charge in [0.15, 0.2) is 0 Å². The molecule has 0 heterocycles. The third-order valence-electron chi connectivity index (χ3n) is 1.07. The molecule has 1 aliphatic carbocycles. The summed E-state index contributed by atoms with van der Waals surface area (Å²) in [7, 11) is 0. The Hall–Kier alpha value is -0.240. The van der Waals surface area contributed by atoms with Crippen molar-refractivity contribution in [2.45, 2.75) is 12.8 Å². The van der Waals surface area contributed by atoms with Crippen molar-refractivity contribution in [2.24, 2.45) is 0 Å². The lowest BCUT2D eigenvalue weighted by Gasteiger charge is -2.02. The molecule has 0 atom stereocenters. The van der Waals surface area contributed by atoms with Crippen LogP contribution in [0.1, 0.15) is 12.8 Å². The molecule has 0 aromatic heterocycles. The van der Waals surface area contributed by atoms with E-state index in [9.17, 15) is 0 Å². The molecule has 0 fully saturated rings. The second kappa shape index (κ2) is 2.35. The second-order valence-corrected chi connectivity index (χ2v) is 2.57. The van der Waals surface area contributed by atoms with Gasteiger partial charge in [0.2, 0.25) is 0 Å². The first-order chi connectivity index (χ1) is 3.80. The highest BCUT2D eigenvalue weighted by atomic mass is 79.9. The normalized spacial score (nSPS) is 19.6. The molecule has 1 aliphatic rings. The van der Waals surface area contributed by atoms with E-state index >= 15 is 0 Å². The summed E-state index contributed by atoms with van der Waals surface area (Å²) >= 11 is 3.20. The van der Waals surface area contributed by atoms with E-state index < -0.39 is 0 Å². The van der Waals surface area contributed by atoms with Crippen LogP contribution in [-0.4, -0.2) is 5.11 Å². The third kappa shape index (κ3) is 1.13. The Kier molecular flexibility index (Phi) is 1.73. The lowest BCUT2D eigenvalue weighted by molar-refractivity contribution is 0.425. The van der Waals surface area contributed by atoms with Crippen molar-refractivity contribution in [3.63, 3.8) is 0 Å². The minimum atomic E-state index is 0.372. The number of hydrogen-bond acceptors (Lipinski definition) is 1. The zero-order chi connectivity index (χ0) is 5.98. The Morgan fingerprint density at radius 2 is 2.00 bits per heavy atom. The summed E-state index contributed by atoms with van der Waals surface area (Å²) in [5, 5.41) is 8.92. The van der Waals surface area contributed by atoms with E-state index in [4.69, 9.17) is 5.11 Å². The van der Waals surface area contributed by atoms with Gasteiger partial charge in [0.1, 0.15) is 5.76 Å². The molecular weight excluding hydrogens is 168 g/mol. The molecular formula is C6H7BrO. The Bertz CT molecular complexity index is 129. The van der Waals surface area contributed by atoms with Crippen molar-refractivity contribution in [1.82, 2.24) is 0 Å². The van der Waals surface area contributed by atoms with E-state index in [1.807, 2.05) is 12.2 Å². The third-order valence-corrected chi connectivity index (χ3v) is 1.80. The molecule has 44 valence electrons. The van der Waals surface area contributed by atoms with Gasteiger partial charge in [-0.3, -0.25) is 0 Å². The van der Waals surface area contributed by atoms with Crippen LogP contribution >= 0.6 is 15.9 Å². The van der Waals surface area contributed by atoms with Crippen LogP contribution in [0.4, 0.5) is 0 Å². The van der Waals surface area contributed by atoms with Gasteiger partial charge in [-0.1, -0.05) is 6.08 Å². The van der Waals surface area contributed by atoms with Crippen LogP contribution in [0.2, 0.25) is 0 Å². The average molecular weight is 175 g/mol. The quantitative estimate of drug-likeness (QED) is 0.599. The maximum absolute atomic E-state index is 8.92. The van der Waals surface area contributed by atoms with E-state index in [1.165, 1.54) is 0 Å². The molecule has 0 bridgehead atoms. The first-order valence-electron chi connectivity index (χ1n) is 2.56. The Morgan fingerprint density at radius 3 is 2.38 bits per heavy atom. The molecule has 0 aromatic carbocycles. The molecule has 8 heavy (non-hydrogen) atoms. The molecule has 2 heteroatoms. The zero-order valence-corrected chi connectivity index (χ0v) is 5.98. The summed E-state index contributed by atoms with van der Waals surface area (Å²) in [5.41, 5.74) is 0. The van der Waals surface area contributed by atoms with Crippen LogP contribution in [0.25, 0.3) is 0 Å². The summed E-state index contributed by atoms with van der Waals surface area (Å²) in [6, 6.07) is 0. The van der Waals surface area contributed by atoms with Gasteiger partial charge in [-0.05, 0) is 34.8 Å². The fourth-order valence-electron chi connectivity index (χ4n) is 0.632. The van der Waals surface area contributed by atoms with Gasteiger partial charge >= 0.3 is 0 Å². The summed E-state index contributed by atoms with van der Waals surface area (Å²) in [5.74, 6) is 0.372. The summed E-state index contributed by atoms with van der Waals surface area (Å²) in [6.07, 6.45) is 5.77. The smallest absolute Gasteiger partial charge is 0.125 e. The number of allylic oxidation sites excluding steroid dienone is 3. The van der Waals surface area contributed by atoms with Crippen molar-refractivity contribution in [1.29, 1.82) is 0 Å². The highest BCUT2D eigenvalue weighted by Gasteiger charge is 2.00. The number of aliphatic hydroxyl groups is 1. The van der Waals surface area contributed by atoms with Crippen LogP contribution < -0.4 is 0 Å². The van der Waals surface area contributed by atoms with Gasteiger partial charge in [0, 0.05) is 0 Å². The SMILES string of the molecule is OC1=CCCC=C1Br. The molecule has 0 aromatic rings. The van der Waals surface area contributed by atoms with Gasteiger partial charge in [0.25, 0.3) is 0 Å². The van der Waals surface area contributed by atoms with Crippen molar-refractivity contribution in [3.05, 3.63) is 22.4 Å². The van der Waals surface area contributed by atoms with Crippen LogP contribution in [0.3, 0.4) is 0 Å². The van der Waals surface area contributed by atoms with E-state index in [0.29, 0.717) is 5.76 Å². The molecule has 0 radical (unpaired) electrons. The van der Waals surface area contributed by atoms with E-state index in [-0.39, 0.29) is 0 Å². The van der Waals surface area contributed by atoms with Crippen molar-refractivity contribution in [2.75, 3.05) is 0 Å². The van der Waals surface area contributed by atoms with Crippen LogP contribution in [0.15, 0.2) is 22.4 Å². The van der Waals surface area contributed by atoms with Crippen molar-refractivity contribution in [3.8, 4) is 0 Å². The second-order valence-electron chi connectivity index (χ2n) is 1.72. The highest BCUT2D eigenvalue weighted by Crippen LogP contribution is 2.20. The zero-order valence-electron chi connectivity index (χ0n) is 4.39. The monoisotopic (exact) mass is 174 g/mol. The molecule has 0 aliphatic heterocycles. The fourth-order valence-corrected chi connectivity index (χ4v) is 1.02. The molecule has 1 nitrogen and oxygen atoms in total. The Balaban J connectivity index is 2.73. The maximum Gasteiger partial charge on any atom is 0.125 e. The van der Waals surface area contributed by atoms with E-state index in [0.717, 1.165) is 17.3 Å². The van der Waals surface area contributed by atoms with Gasteiger partial charge in [-0.15, -0.1) is 0 Å². The van der Waals surface area contributed by atoms with Crippen LogP contribution in [0, 0.1) is 0 Å². The lowest BCUT2D eigenvalue weighted by Crippen LogP contribution is -1.85. The number of hydrogen-bond donors (Lipinski definition) is 1. The standard InChI is InChI=1S/C6H7BrO/c7-5-3-1-2-4-6(5)8/h3-4,8H,1-2H2. The highest BCUT2D eigenvalue weighted by molar-refractivity contribution is 9.11.